The molecule has 6 nitrogen and oxygen atoms in total. The SMILES string of the molecule is Nn1c(=S)[nH]c2cc3c(cc2c1=O)OCO3. The molecule has 0 aliphatic carbocycles. The zero-order chi connectivity index (χ0) is 11.3. The normalized spacial score (nSPS) is 13.2. The van der Waals surface area contributed by atoms with E-state index in [1.165, 1.54) is 0 Å². The second-order valence-electron chi connectivity index (χ2n) is 3.36. The molecule has 0 fully saturated rings. The molecule has 0 unspecified atom stereocenters. The summed E-state index contributed by atoms with van der Waals surface area (Å²) in [5, 5.41) is 0.417. The van der Waals surface area contributed by atoms with Crippen LogP contribution in [0.15, 0.2) is 16.9 Å². The number of rotatable bonds is 0. The maximum absolute atomic E-state index is 11.8. The molecule has 2 heterocycles. The van der Waals surface area contributed by atoms with E-state index in [4.69, 9.17) is 27.5 Å². The van der Waals surface area contributed by atoms with Gasteiger partial charge >= 0.3 is 0 Å². The highest BCUT2D eigenvalue weighted by Crippen LogP contribution is 2.34. The Bertz CT molecular complexity index is 703. The summed E-state index contributed by atoms with van der Waals surface area (Å²) in [6.45, 7) is 0.156. The van der Waals surface area contributed by atoms with Gasteiger partial charge in [0.05, 0.1) is 10.9 Å². The lowest BCUT2D eigenvalue weighted by Gasteiger charge is -2.03. The van der Waals surface area contributed by atoms with Crippen LogP contribution in [0.2, 0.25) is 0 Å². The summed E-state index contributed by atoms with van der Waals surface area (Å²) in [5.74, 6) is 6.62. The summed E-state index contributed by atoms with van der Waals surface area (Å²) in [7, 11) is 0. The minimum Gasteiger partial charge on any atom is -0.454 e. The Morgan fingerprint density at radius 1 is 1.38 bits per heavy atom. The van der Waals surface area contributed by atoms with Crippen molar-refractivity contribution in [1.29, 1.82) is 0 Å². The quantitative estimate of drug-likeness (QED) is 0.515. The third-order valence-corrected chi connectivity index (χ3v) is 2.72. The van der Waals surface area contributed by atoms with Crippen molar-refractivity contribution < 1.29 is 9.47 Å². The molecule has 0 radical (unpaired) electrons. The predicted molar refractivity (Wildman–Crippen MR) is 59.7 cm³/mol. The first kappa shape index (κ1) is 9.22. The molecule has 0 bridgehead atoms. The molecular weight excluding hydrogens is 230 g/mol. The number of nitrogens with two attached hydrogens (primary N) is 1. The van der Waals surface area contributed by atoms with E-state index in [2.05, 4.69) is 4.98 Å². The molecule has 3 N–H and O–H groups in total. The van der Waals surface area contributed by atoms with Gasteiger partial charge in [-0.1, -0.05) is 0 Å². The second-order valence-corrected chi connectivity index (χ2v) is 3.74. The number of ether oxygens (including phenoxy) is 2. The zero-order valence-corrected chi connectivity index (χ0v) is 8.84. The van der Waals surface area contributed by atoms with Crippen molar-refractivity contribution in [3.8, 4) is 11.5 Å². The topological polar surface area (TPSA) is 82.3 Å². The fourth-order valence-corrected chi connectivity index (χ4v) is 1.81. The van der Waals surface area contributed by atoms with Gasteiger partial charge in [0, 0.05) is 6.07 Å². The van der Waals surface area contributed by atoms with Gasteiger partial charge in [0.15, 0.2) is 16.3 Å². The first-order chi connectivity index (χ1) is 7.66. The van der Waals surface area contributed by atoms with E-state index in [0.717, 1.165) is 4.68 Å². The third kappa shape index (κ3) is 1.12. The largest absolute Gasteiger partial charge is 0.454 e. The van der Waals surface area contributed by atoms with Crippen LogP contribution in [0, 0.1) is 4.77 Å². The summed E-state index contributed by atoms with van der Waals surface area (Å²) in [6, 6.07) is 3.27. The molecule has 0 saturated carbocycles. The van der Waals surface area contributed by atoms with Crippen molar-refractivity contribution >= 4 is 23.1 Å². The Kier molecular flexibility index (Phi) is 1.72. The molecule has 0 atom stereocenters. The summed E-state index contributed by atoms with van der Waals surface area (Å²) < 4.78 is 11.4. The smallest absolute Gasteiger partial charge is 0.280 e. The molecule has 82 valence electrons. The van der Waals surface area contributed by atoms with E-state index in [1.54, 1.807) is 12.1 Å². The Morgan fingerprint density at radius 3 is 2.81 bits per heavy atom. The van der Waals surface area contributed by atoms with Crippen molar-refractivity contribution in [1.82, 2.24) is 9.66 Å². The van der Waals surface area contributed by atoms with Gasteiger partial charge in [-0.2, -0.15) is 4.68 Å². The summed E-state index contributed by atoms with van der Waals surface area (Å²) in [5.41, 5.74) is 0.220. The van der Waals surface area contributed by atoms with Gasteiger partial charge in [-0.05, 0) is 18.3 Å². The van der Waals surface area contributed by atoms with Crippen LogP contribution in [-0.2, 0) is 0 Å². The third-order valence-electron chi connectivity index (χ3n) is 2.42. The van der Waals surface area contributed by atoms with Gasteiger partial charge in [-0.25, -0.2) is 0 Å². The van der Waals surface area contributed by atoms with Crippen LogP contribution in [0.3, 0.4) is 0 Å². The van der Waals surface area contributed by atoms with Gasteiger partial charge < -0.3 is 20.3 Å². The molecule has 2 aromatic rings. The van der Waals surface area contributed by atoms with E-state index in [9.17, 15) is 4.79 Å². The standard InChI is InChI=1S/C9H7N3O3S/c10-12-8(13)4-1-6-7(15-3-14-6)2-5(4)11-9(12)16/h1-2H,3,10H2,(H,11,16). The van der Waals surface area contributed by atoms with Gasteiger partial charge in [-0.3, -0.25) is 4.79 Å². The number of nitrogens with zero attached hydrogens (tertiary/aromatic N) is 1. The molecular formula is C9H7N3O3S. The number of fused-ring (bicyclic) bond motifs is 2. The van der Waals surface area contributed by atoms with Crippen LogP contribution in [0.1, 0.15) is 0 Å². The number of aromatic nitrogens is 2. The second kappa shape index (κ2) is 2.99. The minimum atomic E-state index is -0.364. The highest BCUT2D eigenvalue weighted by atomic mass is 32.1. The lowest BCUT2D eigenvalue weighted by atomic mass is 10.2. The average Bonchev–Trinajstić information content (AvgIpc) is 2.71. The monoisotopic (exact) mass is 237 g/mol. The Morgan fingerprint density at radius 2 is 2.06 bits per heavy atom. The van der Waals surface area contributed by atoms with Crippen molar-refractivity contribution in [2.75, 3.05) is 12.6 Å². The van der Waals surface area contributed by atoms with Gasteiger partial charge in [0.25, 0.3) is 5.56 Å². The Hall–Kier alpha value is -2.02. The number of aromatic amines is 1. The molecule has 1 aliphatic rings. The van der Waals surface area contributed by atoms with E-state index < -0.39 is 0 Å². The van der Waals surface area contributed by atoms with E-state index in [-0.39, 0.29) is 17.1 Å². The first-order valence-corrected chi connectivity index (χ1v) is 4.91. The molecule has 0 spiro atoms. The lowest BCUT2D eigenvalue weighted by Crippen LogP contribution is -2.28. The van der Waals surface area contributed by atoms with Crippen LogP contribution in [0.5, 0.6) is 11.5 Å². The number of nitrogens with one attached hydrogen (secondary N) is 1. The molecule has 16 heavy (non-hydrogen) atoms. The summed E-state index contributed by atoms with van der Waals surface area (Å²) in [4.78, 5) is 14.6. The Balaban J connectivity index is 2.50. The maximum atomic E-state index is 11.8. The fraction of sp³-hybridized carbons (Fsp3) is 0.111. The first-order valence-electron chi connectivity index (χ1n) is 4.50. The summed E-state index contributed by atoms with van der Waals surface area (Å²) >= 11 is 4.91. The van der Waals surface area contributed by atoms with Crippen LogP contribution in [0.4, 0.5) is 0 Å². The van der Waals surface area contributed by atoms with E-state index in [0.29, 0.717) is 22.4 Å². The molecule has 1 aliphatic heterocycles. The maximum Gasteiger partial charge on any atom is 0.280 e. The predicted octanol–water partition coefficient (Wildman–Crippen LogP) is 0.502. The van der Waals surface area contributed by atoms with Crippen LogP contribution in [0.25, 0.3) is 10.9 Å². The van der Waals surface area contributed by atoms with Crippen molar-refractivity contribution in [2.24, 2.45) is 0 Å². The zero-order valence-electron chi connectivity index (χ0n) is 8.02. The number of nitrogen functional groups attached to an aromatic ring is 1. The van der Waals surface area contributed by atoms with E-state index >= 15 is 0 Å². The van der Waals surface area contributed by atoms with Crippen LogP contribution < -0.4 is 20.9 Å². The summed E-state index contributed by atoms with van der Waals surface area (Å²) in [6.07, 6.45) is 0. The van der Waals surface area contributed by atoms with Crippen molar-refractivity contribution in [2.45, 2.75) is 0 Å². The molecule has 0 amide bonds. The molecule has 1 aromatic heterocycles. The van der Waals surface area contributed by atoms with Gasteiger partial charge in [0.1, 0.15) is 0 Å². The molecule has 7 heteroatoms. The van der Waals surface area contributed by atoms with Crippen molar-refractivity contribution in [3.05, 3.63) is 27.3 Å². The highest BCUT2D eigenvalue weighted by molar-refractivity contribution is 7.71. The number of hydrogen-bond acceptors (Lipinski definition) is 5. The molecule has 0 saturated heterocycles. The van der Waals surface area contributed by atoms with Gasteiger partial charge in [0.2, 0.25) is 6.79 Å². The van der Waals surface area contributed by atoms with Gasteiger partial charge in [-0.15, -0.1) is 0 Å². The Labute approximate surface area is 94.2 Å². The number of hydrogen-bond donors (Lipinski definition) is 2. The number of benzene rings is 1. The molecule has 1 aromatic carbocycles. The van der Waals surface area contributed by atoms with E-state index in [1.807, 2.05) is 0 Å². The van der Waals surface area contributed by atoms with Crippen molar-refractivity contribution in [3.63, 3.8) is 0 Å². The van der Waals surface area contributed by atoms with Crippen LogP contribution >= 0.6 is 12.2 Å². The molecule has 3 rings (SSSR count). The highest BCUT2D eigenvalue weighted by Gasteiger charge is 2.16. The minimum absolute atomic E-state index is 0.156. The van der Waals surface area contributed by atoms with Crippen LogP contribution in [-0.4, -0.2) is 16.5 Å². The lowest BCUT2D eigenvalue weighted by molar-refractivity contribution is 0.174. The number of H-pyrrole nitrogens is 1. The average molecular weight is 237 g/mol. The fourth-order valence-electron chi connectivity index (χ4n) is 1.62.